The molecule has 4 aromatic rings. The number of benzene rings is 4. The number of esters is 1. The smallest absolute Gasteiger partial charge is 0.347 e. The zero-order chi connectivity index (χ0) is 28.6. The number of halogens is 2. The van der Waals surface area contributed by atoms with E-state index in [9.17, 15) is 14.4 Å². The fourth-order valence-electron chi connectivity index (χ4n) is 3.55. The van der Waals surface area contributed by atoms with Crippen LogP contribution in [-0.4, -0.2) is 31.1 Å². The summed E-state index contributed by atoms with van der Waals surface area (Å²) in [6.45, 7) is 1.94. The Morgan fingerprint density at radius 3 is 2.05 bits per heavy atom. The topological polar surface area (TPSA) is 106 Å². The van der Waals surface area contributed by atoms with E-state index in [4.69, 9.17) is 32.7 Å². The number of carbonyl (C=O) groups is 3. The Bertz CT molecular complexity index is 1590. The van der Waals surface area contributed by atoms with Gasteiger partial charge in [-0.2, -0.15) is 5.10 Å². The molecule has 0 aliphatic rings. The molecule has 0 fully saturated rings. The number of rotatable bonds is 8. The van der Waals surface area contributed by atoms with Gasteiger partial charge in [0.2, 0.25) is 0 Å². The van der Waals surface area contributed by atoms with E-state index in [1.807, 2.05) is 19.1 Å². The number of amides is 2. The number of anilines is 1. The maximum absolute atomic E-state index is 12.8. The van der Waals surface area contributed by atoms with Crippen LogP contribution in [0, 0.1) is 6.92 Å². The van der Waals surface area contributed by atoms with Crippen LogP contribution in [0.3, 0.4) is 0 Å². The summed E-state index contributed by atoms with van der Waals surface area (Å²) in [7, 11) is 1.43. The van der Waals surface area contributed by atoms with Gasteiger partial charge in [0.15, 0.2) is 0 Å². The van der Waals surface area contributed by atoms with Crippen LogP contribution in [0.1, 0.15) is 42.2 Å². The van der Waals surface area contributed by atoms with E-state index in [0.29, 0.717) is 38.2 Å². The van der Waals surface area contributed by atoms with Crippen LogP contribution in [0.2, 0.25) is 10.0 Å². The highest BCUT2D eigenvalue weighted by Gasteiger charge is 2.17. The van der Waals surface area contributed by atoms with Crippen LogP contribution in [0.4, 0.5) is 5.69 Å². The van der Waals surface area contributed by atoms with Gasteiger partial charge in [0.1, 0.15) is 17.1 Å². The van der Waals surface area contributed by atoms with Gasteiger partial charge in [-0.15, -0.1) is 0 Å². The molecule has 0 unspecified atom stereocenters. The molecule has 4 aromatic carbocycles. The van der Waals surface area contributed by atoms with Crippen molar-refractivity contribution < 1.29 is 23.9 Å². The zero-order valence-corrected chi connectivity index (χ0v) is 22.9. The van der Waals surface area contributed by atoms with Crippen LogP contribution in [-0.2, 0) is 0 Å². The Hall–Kier alpha value is -4.66. The molecule has 0 aliphatic heterocycles. The first-order valence-electron chi connectivity index (χ1n) is 11.9. The van der Waals surface area contributed by atoms with Crippen LogP contribution in [0.15, 0.2) is 90.0 Å². The predicted molar refractivity (Wildman–Crippen MR) is 155 cm³/mol. The summed E-state index contributed by atoms with van der Waals surface area (Å²) in [6, 6.07) is 22.7. The second-order valence-corrected chi connectivity index (χ2v) is 9.39. The number of hydrogen-bond donors (Lipinski definition) is 2. The second-order valence-electron chi connectivity index (χ2n) is 8.51. The number of nitrogens with one attached hydrogen (secondary N) is 2. The van der Waals surface area contributed by atoms with E-state index in [-0.39, 0.29) is 17.2 Å². The van der Waals surface area contributed by atoms with Crippen LogP contribution >= 0.6 is 23.2 Å². The first kappa shape index (κ1) is 28.4. The zero-order valence-electron chi connectivity index (χ0n) is 21.4. The van der Waals surface area contributed by atoms with Crippen molar-refractivity contribution in [3.63, 3.8) is 0 Å². The van der Waals surface area contributed by atoms with Crippen molar-refractivity contribution in [3.8, 4) is 11.5 Å². The normalized spacial score (nSPS) is 10.7. The van der Waals surface area contributed by atoms with Crippen molar-refractivity contribution in [2.45, 2.75) is 6.92 Å². The fourth-order valence-corrected chi connectivity index (χ4v) is 3.90. The first-order chi connectivity index (χ1) is 19.2. The van der Waals surface area contributed by atoms with Crippen LogP contribution in [0.5, 0.6) is 11.5 Å². The molecule has 0 bridgehead atoms. The maximum atomic E-state index is 12.8. The number of hydrogen-bond acceptors (Lipinski definition) is 6. The lowest BCUT2D eigenvalue weighted by atomic mass is 10.1. The molecule has 0 saturated heterocycles. The van der Waals surface area contributed by atoms with Crippen molar-refractivity contribution in [1.29, 1.82) is 0 Å². The lowest BCUT2D eigenvalue weighted by molar-refractivity contribution is 0.0730. The van der Waals surface area contributed by atoms with Gasteiger partial charge in [-0.1, -0.05) is 40.9 Å². The summed E-state index contributed by atoms with van der Waals surface area (Å²) >= 11 is 12.1. The molecule has 0 spiro atoms. The number of hydrazone groups is 1. The SMILES string of the molecule is COc1ccc(Cl)cc1C(=O)Oc1ccc(Cl)cc1/C=N/NC(=O)c1ccc(NC(=O)c2ccc(C)cc2)cc1. The molecule has 0 aromatic heterocycles. The van der Waals surface area contributed by atoms with Gasteiger partial charge in [0, 0.05) is 32.4 Å². The monoisotopic (exact) mass is 575 g/mol. The average molecular weight is 576 g/mol. The number of methoxy groups -OCH3 is 1. The highest BCUT2D eigenvalue weighted by molar-refractivity contribution is 6.31. The minimum Gasteiger partial charge on any atom is -0.496 e. The molecule has 2 N–H and O–H groups in total. The molecule has 0 radical (unpaired) electrons. The van der Waals surface area contributed by atoms with E-state index in [2.05, 4.69) is 15.8 Å². The average Bonchev–Trinajstić information content (AvgIpc) is 2.95. The molecule has 8 nitrogen and oxygen atoms in total. The Kier molecular flexibility index (Phi) is 9.16. The molecule has 0 atom stereocenters. The van der Waals surface area contributed by atoms with Crippen LogP contribution < -0.4 is 20.2 Å². The second kappa shape index (κ2) is 12.9. The van der Waals surface area contributed by atoms with Gasteiger partial charge >= 0.3 is 5.97 Å². The van der Waals surface area contributed by atoms with E-state index in [1.54, 1.807) is 54.6 Å². The predicted octanol–water partition coefficient (Wildman–Crippen LogP) is 6.55. The molecule has 0 heterocycles. The summed E-state index contributed by atoms with van der Waals surface area (Å²) in [5, 5.41) is 7.48. The maximum Gasteiger partial charge on any atom is 0.347 e. The van der Waals surface area contributed by atoms with Crippen molar-refractivity contribution in [2.75, 3.05) is 12.4 Å². The fraction of sp³-hybridized carbons (Fsp3) is 0.0667. The van der Waals surface area contributed by atoms with Gasteiger partial charge in [-0.25, -0.2) is 10.2 Å². The van der Waals surface area contributed by atoms with E-state index in [1.165, 1.54) is 31.5 Å². The highest BCUT2D eigenvalue weighted by Crippen LogP contribution is 2.27. The molecule has 0 saturated carbocycles. The van der Waals surface area contributed by atoms with E-state index < -0.39 is 11.9 Å². The lowest BCUT2D eigenvalue weighted by Gasteiger charge is -2.11. The van der Waals surface area contributed by atoms with Crippen molar-refractivity contribution in [1.82, 2.24) is 5.43 Å². The molecule has 0 aliphatic carbocycles. The summed E-state index contributed by atoms with van der Waals surface area (Å²) in [5.41, 5.74) is 5.33. The molecule has 10 heteroatoms. The molecule has 40 heavy (non-hydrogen) atoms. The molecule has 2 amide bonds. The van der Waals surface area contributed by atoms with Crippen molar-refractivity contribution >= 4 is 52.9 Å². The largest absolute Gasteiger partial charge is 0.496 e. The number of ether oxygens (including phenoxy) is 2. The Morgan fingerprint density at radius 1 is 0.775 bits per heavy atom. The quantitative estimate of drug-likeness (QED) is 0.107. The summed E-state index contributed by atoms with van der Waals surface area (Å²) in [5.74, 6) is -0.991. The van der Waals surface area contributed by atoms with Crippen molar-refractivity contribution in [3.05, 3.63) is 123 Å². The third kappa shape index (κ3) is 7.25. The van der Waals surface area contributed by atoms with Crippen LogP contribution in [0.25, 0.3) is 0 Å². The highest BCUT2D eigenvalue weighted by atomic mass is 35.5. The van der Waals surface area contributed by atoms with Gasteiger partial charge in [0.25, 0.3) is 11.8 Å². The summed E-state index contributed by atoms with van der Waals surface area (Å²) in [4.78, 5) is 37.8. The standard InChI is InChI=1S/C30H23Cl2N3O5/c1-18-3-5-19(6-4-18)28(36)34-24-11-7-20(8-12-24)29(37)35-33-17-21-15-22(31)9-13-26(21)40-30(38)25-16-23(32)10-14-27(25)39-2/h3-17H,1-2H3,(H,34,36)(H,35,37)/b33-17+. The molecule has 4 rings (SSSR count). The van der Waals surface area contributed by atoms with E-state index >= 15 is 0 Å². The third-order valence-electron chi connectivity index (χ3n) is 5.64. The number of nitrogens with zero attached hydrogens (tertiary/aromatic N) is 1. The number of carbonyl (C=O) groups excluding carboxylic acids is 3. The summed E-state index contributed by atoms with van der Waals surface area (Å²) in [6.07, 6.45) is 1.30. The van der Waals surface area contributed by atoms with Gasteiger partial charge < -0.3 is 14.8 Å². The number of aryl methyl sites for hydroxylation is 1. The molecule has 202 valence electrons. The Balaban J connectivity index is 1.41. The molecular formula is C30H23Cl2N3O5. The summed E-state index contributed by atoms with van der Waals surface area (Å²) < 4.78 is 10.8. The minimum absolute atomic E-state index is 0.139. The minimum atomic E-state index is -0.699. The Morgan fingerprint density at radius 2 is 1.38 bits per heavy atom. The van der Waals surface area contributed by atoms with Gasteiger partial charge in [-0.3, -0.25) is 9.59 Å². The third-order valence-corrected chi connectivity index (χ3v) is 6.11. The Labute approximate surface area is 240 Å². The van der Waals surface area contributed by atoms with E-state index in [0.717, 1.165) is 5.56 Å². The van der Waals surface area contributed by atoms with Crippen molar-refractivity contribution in [2.24, 2.45) is 5.10 Å². The molecular weight excluding hydrogens is 553 g/mol. The first-order valence-corrected chi connectivity index (χ1v) is 12.7. The lowest BCUT2D eigenvalue weighted by Crippen LogP contribution is -2.18. The van der Waals surface area contributed by atoms with Gasteiger partial charge in [0.05, 0.1) is 13.3 Å². The van der Waals surface area contributed by atoms with Gasteiger partial charge in [-0.05, 0) is 79.7 Å².